The first kappa shape index (κ1) is 21.1. The Morgan fingerprint density at radius 1 is 1.42 bits per heavy atom. The number of nitrogens with zero attached hydrogens (tertiary/aromatic N) is 3. The fourth-order valence-corrected chi connectivity index (χ4v) is 2.75. The monoisotopic (exact) mass is 448 g/mol. The molecule has 0 aromatic carbocycles. The number of hydrogen-bond acceptors (Lipinski definition) is 4. The molecule has 1 fully saturated rings. The molecule has 0 spiro atoms. The van der Waals surface area contributed by atoms with E-state index in [0.29, 0.717) is 25.7 Å². The van der Waals surface area contributed by atoms with Crippen LogP contribution in [0.2, 0.25) is 0 Å². The Bertz CT molecular complexity index is 513. The van der Waals surface area contributed by atoms with Crippen molar-refractivity contribution in [2.75, 3.05) is 47.1 Å². The zero-order valence-electron chi connectivity index (χ0n) is 14.8. The molecule has 0 amide bonds. The van der Waals surface area contributed by atoms with Gasteiger partial charge >= 0.3 is 0 Å². The minimum Gasteiger partial charge on any atom is -0.382 e. The Balaban J connectivity index is 0.00000288. The molecule has 6 nitrogen and oxygen atoms in total. The number of pyridine rings is 1. The number of nitrogens with one attached hydrogen (secondary N) is 1. The van der Waals surface area contributed by atoms with Crippen molar-refractivity contribution in [3.05, 3.63) is 29.6 Å². The fourth-order valence-electron chi connectivity index (χ4n) is 2.75. The molecule has 1 N–H and O–H groups in total. The van der Waals surface area contributed by atoms with Gasteiger partial charge in [-0.2, -0.15) is 0 Å². The van der Waals surface area contributed by atoms with Crippen LogP contribution in [0.5, 0.6) is 0 Å². The lowest BCUT2D eigenvalue weighted by Crippen LogP contribution is -2.40. The van der Waals surface area contributed by atoms with Crippen LogP contribution < -0.4 is 5.32 Å². The van der Waals surface area contributed by atoms with E-state index in [9.17, 15) is 0 Å². The molecule has 136 valence electrons. The molecular formula is C17H29IN4O2. The number of ether oxygens (including phenoxy) is 2. The van der Waals surface area contributed by atoms with E-state index < -0.39 is 0 Å². The van der Waals surface area contributed by atoms with Gasteiger partial charge in [-0.05, 0) is 25.5 Å². The lowest BCUT2D eigenvalue weighted by molar-refractivity contribution is 0.0536. The summed E-state index contributed by atoms with van der Waals surface area (Å²) in [5, 5.41) is 3.40. The van der Waals surface area contributed by atoms with E-state index >= 15 is 0 Å². The molecule has 1 saturated heterocycles. The first-order valence-corrected chi connectivity index (χ1v) is 8.17. The molecule has 0 aliphatic carbocycles. The van der Waals surface area contributed by atoms with Crippen molar-refractivity contribution in [2.24, 2.45) is 10.9 Å². The summed E-state index contributed by atoms with van der Waals surface area (Å²) in [6.07, 6.45) is 1.14. The van der Waals surface area contributed by atoms with Crippen LogP contribution in [0.25, 0.3) is 0 Å². The molecule has 1 aromatic heterocycles. The summed E-state index contributed by atoms with van der Waals surface area (Å²) >= 11 is 0. The van der Waals surface area contributed by atoms with E-state index in [1.165, 1.54) is 0 Å². The molecule has 0 bridgehead atoms. The van der Waals surface area contributed by atoms with Crippen LogP contribution >= 0.6 is 24.0 Å². The van der Waals surface area contributed by atoms with Gasteiger partial charge < -0.3 is 19.7 Å². The average Bonchev–Trinajstić information content (AvgIpc) is 3.01. The zero-order chi connectivity index (χ0) is 16.5. The predicted octanol–water partition coefficient (Wildman–Crippen LogP) is 2.07. The van der Waals surface area contributed by atoms with Crippen molar-refractivity contribution < 1.29 is 9.47 Å². The quantitative estimate of drug-likeness (QED) is 0.300. The van der Waals surface area contributed by atoms with Crippen molar-refractivity contribution in [1.82, 2.24) is 15.2 Å². The van der Waals surface area contributed by atoms with E-state index in [1.807, 2.05) is 32.2 Å². The maximum absolute atomic E-state index is 5.64. The highest BCUT2D eigenvalue weighted by atomic mass is 127. The van der Waals surface area contributed by atoms with Gasteiger partial charge in [0.05, 0.1) is 32.1 Å². The van der Waals surface area contributed by atoms with E-state index in [0.717, 1.165) is 43.5 Å². The topological polar surface area (TPSA) is 59.0 Å². The Hall–Kier alpha value is -0.930. The minimum atomic E-state index is 0. The second-order valence-corrected chi connectivity index (χ2v) is 5.84. The highest BCUT2D eigenvalue weighted by molar-refractivity contribution is 14.0. The average molecular weight is 448 g/mol. The van der Waals surface area contributed by atoms with Crippen molar-refractivity contribution in [1.29, 1.82) is 0 Å². The van der Waals surface area contributed by atoms with Gasteiger partial charge in [0.15, 0.2) is 5.96 Å². The molecule has 0 saturated carbocycles. The minimum absolute atomic E-state index is 0. The van der Waals surface area contributed by atoms with Gasteiger partial charge in [0.25, 0.3) is 0 Å². The Morgan fingerprint density at radius 3 is 2.96 bits per heavy atom. The highest BCUT2D eigenvalue weighted by Crippen LogP contribution is 2.16. The van der Waals surface area contributed by atoms with Crippen LogP contribution in [0, 0.1) is 12.8 Å². The standard InChI is InChI=1S/C17H28N4O2.HI/c1-14-5-4-6-16(20-14)11-19-17(18-2)21-8-7-15(12-21)13-23-10-9-22-3;/h4-6,15H,7-13H2,1-3H3,(H,18,19);1H. The molecule has 2 rings (SSSR count). The van der Waals surface area contributed by atoms with Gasteiger partial charge in [0, 0.05) is 38.9 Å². The number of rotatable bonds is 7. The lowest BCUT2D eigenvalue weighted by atomic mass is 10.1. The SMILES string of the molecule is CN=C(NCc1cccc(C)n1)N1CCC(COCCOC)C1.I. The van der Waals surface area contributed by atoms with Gasteiger partial charge in [0.1, 0.15) is 0 Å². The largest absolute Gasteiger partial charge is 0.382 e. The van der Waals surface area contributed by atoms with Crippen LogP contribution in [0.3, 0.4) is 0 Å². The molecule has 2 heterocycles. The summed E-state index contributed by atoms with van der Waals surface area (Å²) in [6.45, 7) is 6.80. The summed E-state index contributed by atoms with van der Waals surface area (Å²) in [5.41, 5.74) is 2.07. The third kappa shape index (κ3) is 6.90. The van der Waals surface area contributed by atoms with Crippen LogP contribution in [0.1, 0.15) is 17.8 Å². The summed E-state index contributed by atoms with van der Waals surface area (Å²) in [6, 6.07) is 6.07. The summed E-state index contributed by atoms with van der Waals surface area (Å²) in [7, 11) is 3.52. The van der Waals surface area contributed by atoms with E-state index in [-0.39, 0.29) is 24.0 Å². The van der Waals surface area contributed by atoms with Crippen LogP contribution in [-0.2, 0) is 16.0 Å². The number of aromatic nitrogens is 1. The normalized spacial score (nSPS) is 17.7. The number of hydrogen-bond donors (Lipinski definition) is 1. The fraction of sp³-hybridized carbons (Fsp3) is 0.647. The van der Waals surface area contributed by atoms with E-state index in [2.05, 4.69) is 20.2 Å². The number of aryl methyl sites for hydroxylation is 1. The van der Waals surface area contributed by atoms with Crippen molar-refractivity contribution in [3.8, 4) is 0 Å². The molecule has 0 radical (unpaired) electrons. The number of likely N-dealkylation sites (tertiary alicyclic amines) is 1. The van der Waals surface area contributed by atoms with Gasteiger partial charge in [-0.1, -0.05) is 6.07 Å². The lowest BCUT2D eigenvalue weighted by Gasteiger charge is -2.21. The molecule has 7 heteroatoms. The third-order valence-electron chi connectivity index (χ3n) is 3.96. The molecule has 1 aliphatic heterocycles. The smallest absolute Gasteiger partial charge is 0.193 e. The molecular weight excluding hydrogens is 419 g/mol. The van der Waals surface area contributed by atoms with Gasteiger partial charge in [0.2, 0.25) is 0 Å². The Labute approximate surface area is 162 Å². The van der Waals surface area contributed by atoms with E-state index in [4.69, 9.17) is 9.47 Å². The number of methoxy groups -OCH3 is 1. The third-order valence-corrected chi connectivity index (χ3v) is 3.96. The molecule has 1 aromatic rings. The Morgan fingerprint density at radius 2 is 2.25 bits per heavy atom. The second-order valence-electron chi connectivity index (χ2n) is 5.84. The summed E-state index contributed by atoms with van der Waals surface area (Å²) < 4.78 is 10.6. The van der Waals surface area contributed by atoms with Gasteiger partial charge in [-0.3, -0.25) is 9.98 Å². The number of guanidine groups is 1. The van der Waals surface area contributed by atoms with Gasteiger partial charge in [-0.15, -0.1) is 24.0 Å². The summed E-state index contributed by atoms with van der Waals surface area (Å²) in [5.74, 6) is 1.50. The van der Waals surface area contributed by atoms with Crippen molar-refractivity contribution in [3.63, 3.8) is 0 Å². The molecule has 24 heavy (non-hydrogen) atoms. The number of halogens is 1. The number of aliphatic imine (C=N–C) groups is 1. The second kappa shape index (κ2) is 11.6. The van der Waals surface area contributed by atoms with Gasteiger partial charge in [-0.25, -0.2) is 0 Å². The first-order chi connectivity index (χ1) is 11.2. The van der Waals surface area contributed by atoms with Crippen LogP contribution in [0.4, 0.5) is 0 Å². The first-order valence-electron chi connectivity index (χ1n) is 8.17. The molecule has 1 aliphatic rings. The van der Waals surface area contributed by atoms with E-state index in [1.54, 1.807) is 7.11 Å². The van der Waals surface area contributed by atoms with Crippen molar-refractivity contribution >= 4 is 29.9 Å². The molecule has 1 unspecified atom stereocenters. The summed E-state index contributed by atoms with van der Waals surface area (Å²) in [4.78, 5) is 11.2. The van der Waals surface area contributed by atoms with Crippen molar-refractivity contribution in [2.45, 2.75) is 19.9 Å². The highest BCUT2D eigenvalue weighted by Gasteiger charge is 2.24. The Kier molecular flexibility index (Phi) is 10.2. The predicted molar refractivity (Wildman–Crippen MR) is 107 cm³/mol. The molecule has 1 atom stereocenters. The van der Waals surface area contributed by atoms with Crippen LogP contribution in [-0.4, -0.2) is 62.9 Å². The van der Waals surface area contributed by atoms with Crippen LogP contribution in [0.15, 0.2) is 23.2 Å². The maximum Gasteiger partial charge on any atom is 0.193 e. The maximum atomic E-state index is 5.64. The zero-order valence-corrected chi connectivity index (χ0v) is 17.2.